The summed E-state index contributed by atoms with van der Waals surface area (Å²) in [4.78, 5) is 11.7. The minimum Gasteiger partial charge on any atom is -0.298 e. The lowest BCUT2D eigenvalue weighted by atomic mass is 10.1. The Balaban J connectivity index is 1.82. The number of carbonyl (C=O) groups is 1. The average molecular weight is 270 g/mol. The van der Waals surface area contributed by atoms with Gasteiger partial charge in [-0.3, -0.25) is 4.79 Å². The second-order valence-electron chi connectivity index (χ2n) is 4.71. The fraction of sp³-hybridized carbons (Fsp3) is 0.500. The highest BCUT2D eigenvalue weighted by Gasteiger charge is 2.16. The molecule has 0 spiro atoms. The SMILES string of the molecule is O=C(CSC1CCCC1)Cc1cc(F)cc(F)c1. The lowest BCUT2D eigenvalue weighted by Gasteiger charge is -2.07. The van der Waals surface area contributed by atoms with Crippen LogP contribution in [0.25, 0.3) is 0 Å². The minimum absolute atomic E-state index is 0.0388. The van der Waals surface area contributed by atoms with Crippen molar-refractivity contribution in [3.8, 4) is 0 Å². The van der Waals surface area contributed by atoms with Crippen molar-refractivity contribution in [2.75, 3.05) is 5.75 Å². The van der Waals surface area contributed by atoms with Crippen molar-refractivity contribution in [3.05, 3.63) is 35.4 Å². The summed E-state index contributed by atoms with van der Waals surface area (Å²) >= 11 is 1.68. The number of rotatable bonds is 5. The van der Waals surface area contributed by atoms with Gasteiger partial charge in [0.25, 0.3) is 0 Å². The van der Waals surface area contributed by atoms with Gasteiger partial charge in [0.2, 0.25) is 0 Å². The lowest BCUT2D eigenvalue weighted by molar-refractivity contribution is -0.116. The summed E-state index contributed by atoms with van der Waals surface area (Å²) in [7, 11) is 0. The van der Waals surface area contributed by atoms with Gasteiger partial charge in [0, 0.05) is 17.7 Å². The molecule has 0 aromatic heterocycles. The van der Waals surface area contributed by atoms with E-state index in [0.29, 0.717) is 16.6 Å². The van der Waals surface area contributed by atoms with Crippen molar-refractivity contribution in [2.45, 2.75) is 37.4 Å². The molecule has 1 fully saturated rings. The molecule has 1 nitrogen and oxygen atoms in total. The van der Waals surface area contributed by atoms with Crippen molar-refractivity contribution in [1.29, 1.82) is 0 Å². The van der Waals surface area contributed by atoms with Gasteiger partial charge in [0.15, 0.2) is 0 Å². The van der Waals surface area contributed by atoms with E-state index in [1.807, 2.05) is 0 Å². The number of Topliss-reactive ketones (excluding diaryl/α,β-unsaturated/α-hetero) is 1. The standard InChI is InChI=1S/C14H16F2OS/c15-11-5-10(6-12(16)8-11)7-13(17)9-18-14-3-1-2-4-14/h5-6,8,14H,1-4,7,9H2. The Bertz CT molecular complexity index is 408. The smallest absolute Gasteiger partial charge is 0.147 e. The highest BCUT2D eigenvalue weighted by Crippen LogP contribution is 2.29. The number of halogens is 2. The zero-order valence-electron chi connectivity index (χ0n) is 10.1. The van der Waals surface area contributed by atoms with Crippen molar-refractivity contribution in [1.82, 2.24) is 0 Å². The molecule has 0 N–H and O–H groups in total. The molecule has 18 heavy (non-hydrogen) atoms. The molecule has 1 aromatic carbocycles. The maximum atomic E-state index is 13.0. The van der Waals surface area contributed by atoms with Crippen LogP contribution in [0.1, 0.15) is 31.2 Å². The van der Waals surface area contributed by atoms with Crippen molar-refractivity contribution < 1.29 is 13.6 Å². The van der Waals surface area contributed by atoms with Gasteiger partial charge in [-0.05, 0) is 30.5 Å². The summed E-state index contributed by atoms with van der Waals surface area (Å²) in [6.07, 6.45) is 5.00. The average Bonchev–Trinajstić information content (AvgIpc) is 2.77. The molecule has 0 unspecified atom stereocenters. The van der Waals surface area contributed by atoms with Crippen LogP contribution in [-0.2, 0) is 11.2 Å². The van der Waals surface area contributed by atoms with Crippen molar-refractivity contribution in [2.24, 2.45) is 0 Å². The third kappa shape index (κ3) is 4.09. The normalized spacial score (nSPS) is 16.1. The van der Waals surface area contributed by atoms with E-state index in [1.165, 1.54) is 37.8 Å². The van der Waals surface area contributed by atoms with Crippen LogP contribution < -0.4 is 0 Å². The van der Waals surface area contributed by atoms with Crippen LogP contribution in [-0.4, -0.2) is 16.8 Å². The van der Waals surface area contributed by atoms with Gasteiger partial charge >= 0.3 is 0 Å². The first-order valence-corrected chi connectivity index (χ1v) is 7.26. The van der Waals surface area contributed by atoms with Crippen LogP contribution in [0.5, 0.6) is 0 Å². The number of thioether (sulfide) groups is 1. The maximum absolute atomic E-state index is 13.0. The highest BCUT2D eigenvalue weighted by molar-refractivity contribution is 8.00. The summed E-state index contributed by atoms with van der Waals surface area (Å²) in [6, 6.07) is 3.27. The molecular formula is C14H16F2OS. The summed E-state index contributed by atoms with van der Waals surface area (Å²) in [5.41, 5.74) is 0.421. The van der Waals surface area contributed by atoms with E-state index in [9.17, 15) is 13.6 Å². The van der Waals surface area contributed by atoms with Crippen LogP contribution in [0.15, 0.2) is 18.2 Å². The molecule has 0 bridgehead atoms. The Labute approximate surface area is 110 Å². The van der Waals surface area contributed by atoms with E-state index in [-0.39, 0.29) is 12.2 Å². The van der Waals surface area contributed by atoms with Gasteiger partial charge in [-0.1, -0.05) is 12.8 Å². The highest BCUT2D eigenvalue weighted by atomic mass is 32.2. The van der Waals surface area contributed by atoms with E-state index in [2.05, 4.69) is 0 Å². The minimum atomic E-state index is -0.624. The van der Waals surface area contributed by atoms with Gasteiger partial charge in [-0.2, -0.15) is 11.8 Å². The number of carbonyl (C=O) groups excluding carboxylic acids is 1. The van der Waals surface area contributed by atoms with E-state index in [1.54, 1.807) is 11.8 Å². The fourth-order valence-corrected chi connectivity index (χ4v) is 3.45. The monoisotopic (exact) mass is 270 g/mol. The Morgan fingerprint density at radius 1 is 1.17 bits per heavy atom. The van der Waals surface area contributed by atoms with Crippen LogP contribution in [0.3, 0.4) is 0 Å². The predicted octanol–water partition coefficient (Wildman–Crippen LogP) is 3.75. The zero-order chi connectivity index (χ0) is 13.0. The molecule has 0 heterocycles. The molecule has 1 aromatic rings. The molecule has 0 atom stereocenters. The Morgan fingerprint density at radius 3 is 2.39 bits per heavy atom. The predicted molar refractivity (Wildman–Crippen MR) is 69.8 cm³/mol. The van der Waals surface area contributed by atoms with Crippen LogP contribution in [0, 0.1) is 11.6 Å². The fourth-order valence-electron chi connectivity index (χ4n) is 2.26. The molecule has 1 aliphatic rings. The molecule has 0 amide bonds. The number of ketones is 1. The van der Waals surface area contributed by atoms with Gasteiger partial charge in [-0.25, -0.2) is 8.78 Å². The lowest BCUT2D eigenvalue weighted by Crippen LogP contribution is -2.09. The third-order valence-corrected chi connectivity index (χ3v) is 4.54. The molecule has 1 aliphatic carbocycles. The molecule has 0 saturated heterocycles. The van der Waals surface area contributed by atoms with Crippen LogP contribution >= 0.6 is 11.8 Å². The topological polar surface area (TPSA) is 17.1 Å². The van der Waals surface area contributed by atoms with Gasteiger partial charge in [-0.15, -0.1) is 0 Å². The van der Waals surface area contributed by atoms with Crippen LogP contribution in [0.2, 0.25) is 0 Å². The largest absolute Gasteiger partial charge is 0.298 e. The third-order valence-electron chi connectivity index (χ3n) is 3.11. The van der Waals surface area contributed by atoms with E-state index >= 15 is 0 Å². The zero-order valence-corrected chi connectivity index (χ0v) is 10.9. The summed E-state index contributed by atoms with van der Waals surface area (Å²) < 4.78 is 25.9. The van der Waals surface area contributed by atoms with E-state index < -0.39 is 11.6 Å². The van der Waals surface area contributed by atoms with Crippen molar-refractivity contribution >= 4 is 17.5 Å². The second kappa shape index (κ2) is 6.32. The summed E-state index contributed by atoms with van der Waals surface area (Å²) in [5, 5.41) is 0.596. The van der Waals surface area contributed by atoms with Gasteiger partial charge in [0.1, 0.15) is 17.4 Å². The maximum Gasteiger partial charge on any atom is 0.147 e. The quantitative estimate of drug-likeness (QED) is 0.810. The van der Waals surface area contributed by atoms with E-state index in [0.717, 1.165) is 6.07 Å². The number of hydrogen-bond acceptors (Lipinski definition) is 2. The van der Waals surface area contributed by atoms with Gasteiger partial charge in [0.05, 0.1) is 5.75 Å². The van der Waals surface area contributed by atoms with Gasteiger partial charge < -0.3 is 0 Å². The molecular weight excluding hydrogens is 254 g/mol. The van der Waals surface area contributed by atoms with E-state index in [4.69, 9.17) is 0 Å². The molecule has 98 valence electrons. The molecule has 0 aliphatic heterocycles. The first-order chi connectivity index (χ1) is 8.63. The first kappa shape index (κ1) is 13.5. The molecule has 4 heteroatoms. The number of hydrogen-bond donors (Lipinski definition) is 0. The Kier molecular flexibility index (Phi) is 4.75. The summed E-state index contributed by atoms with van der Waals surface area (Å²) in [5.74, 6) is -0.762. The second-order valence-corrected chi connectivity index (χ2v) is 6.00. The van der Waals surface area contributed by atoms with Crippen molar-refractivity contribution in [3.63, 3.8) is 0 Å². The molecule has 1 saturated carbocycles. The Hall–Kier alpha value is -0.900. The summed E-state index contributed by atoms with van der Waals surface area (Å²) in [6.45, 7) is 0. The molecule has 2 rings (SSSR count). The Morgan fingerprint density at radius 2 is 1.78 bits per heavy atom. The molecule has 0 radical (unpaired) electrons. The van der Waals surface area contributed by atoms with Crippen LogP contribution in [0.4, 0.5) is 8.78 Å². The number of benzene rings is 1. The first-order valence-electron chi connectivity index (χ1n) is 6.22.